The van der Waals surface area contributed by atoms with Crippen molar-refractivity contribution in [3.05, 3.63) is 105 Å². The van der Waals surface area contributed by atoms with Crippen LogP contribution < -0.4 is 14.8 Å². The first kappa shape index (κ1) is 36.2. The van der Waals surface area contributed by atoms with Crippen LogP contribution in [0.2, 0.25) is 5.02 Å². The van der Waals surface area contributed by atoms with Crippen LogP contribution in [0.15, 0.2) is 77.7 Å². The minimum absolute atomic E-state index is 0.0421. The van der Waals surface area contributed by atoms with Gasteiger partial charge in [-0.1, -0.05) is 41.9 Å². The second-order valence-electron chi connectivity index (χ2n) is 12.2. The maximum absolute atomic E-state index is 11.5. The monoisotopic (exact) mass is 774 g/mol. The van der Waals surface area contributed by atoms with Gasteiger partial charge in [0.05, 0.1) is 41.6 Å². The smallest absolute Gasteiger partial charge is 0.323 e. The molecule has 1 aliphatic heterocycles. The zero-order valence-electron chi connectivity index (χ0n) is 27.5. The highest BCUT2D eigenvalue weighted by Crippen LogP contribution is 2.38. The molecule has 0 amide bonds. The molecule has 1 saturated heterocycles. The average molecular weight is 776 g/mol. The van der Waals surface area contributed by atoms with Gasteiger partial charge in [-0.2, -0.15) is 10.4 Å². The maximum Gasteiger partial charge on any atom is 0.323 e. The van der Waals surface area contributed by atoms with Gasteiger partial charge in [0.2, 0.25) is 0 Å². The van der Waals surface area contributed by atoms with Crippen LogP contribution in [0.5, 0.6) is 11.5 Å². The summed E-state index contributed by atoms with van der Waals surface area (Å²) in [7, 11) is 0. The molecule has 1 fully saturated rings. The van der Waals surface area contributed by atoms with Gasteiger partial charge in [-0.25, -0.2) is 0 Å². The Hall–Kier alpha value is -4.55. The highest BCUT2D eigenvalue weighted by atomic mass is 79.9. The fraction of sp³-hybridized carbons (Fsp3) is 0.297. The molecule has 3 aromatic carbocycles. The van der Waals surface area contributed by atoms with Gasteiger partial charge in [-0.15, -0.1) is 0 Å². The Labute approximate surface area is 307 Å². The lowest BCUT2D eigenvalue weighted by Gasteiger charge is -2.18. The van der Waals surface area contributed by atoms with Gasteiger partial charge in [0.1, 0.15) is 36.8 Å². The number of hydrogen-bond donors (Lipinski definition) is 4. The molecule has 2 aromatic heterocycles. The molecule has 4 N–H and O–H groups in total. The summed E-state index contributed by atoms with van der Waals surface area (Å²) in [6.45, 7) is 2.82. The average Bonchev–Trinajstić information content (AvgIpc) is 3.76. The number of aliphatic carboxylic acids is 1. The van der Waals surface area contributed by atoms with Crippen LogP contribution in [0.1, 0.15) is 28.7 Å². The molecule has 0 aliphatic carbocycles. The lowest BCUT2D eigenvalue weighted by atomic mass is 10.00. The number of carboxylic acid groups (broad SMARTS) is 1. The third-order valence-electron chi connectivity index (χ3n) is 8.77. The minimum atomic E-state index is -1.19. The van der Waals surface area contributed by atoms with Crippen molar-refractivity contribution < 1.29 is 29.6 Å². The first-order valence-corrected chi connectivity index (χ1v) is 17.5. The number of ether oxygens (including phenoxy) is 2. The van der Waals surface area contributed by atoms with Gasteiger partial charge in [0, 0.05) is 71.2 Å². The number of hydrogen-bond acceptors (Lipinski definition) is 10. The predicted molar refractivity (Wildman–Crippen MR) is 194 cm³/mol. The number of fused-ring (bicyclic) bond motifs is 1. The quantitative estimate of drug-likeness (QED) is 0.111. The molecule has 3 heterocycles. The molecule has 6 rings (SSSR count). The summed E-state index contributed by atoms with van der Waals surface area (Å²) in [5, 5.41) is 46.8. The van der Waals surface area contributed by atoms with Crippen LogP contribution in [0.3, 0.4) is 0 Å². The normalized spacial score (nSPS) is 15.2. The Bertz CT molecular complexity index is 2070. The summed E-state index contributed by atoms with van der Waals surface area (Å²) in [4.78, 5) is 17.8. The van der Waals surface area contributed by atoms with Crippen molar-refractivity contribution in [3.8, 4) is 28.7 Å². The molecule has 0 radical (unpaired) electrons. The maximum atomic E-state index is 11.5. The number of nitrogens with one attached hydrogen (secondary N) is 1. The molecule has 0 bridgehead atoms. The van der Waals surface area contributed by atoms with E-state index < -0.39 is 18.6 Å². The highest BCUT2D eigenvalue weighted by Gasteiger charge is 2.21. The van der Waals surface area contributed by atoms with Crippen LogP contribution in [0, 0.1) is 11.3 Å². The van der Waals surface area contributed by atoms with E-state index in [0.717, 1.165) is 58.1 Å². The van der Waals surface area contributed by atoms with E-state index in [2.05, 4.69) is 49.3 Å². The summed E-state index contributed by atoms with van der Waals surface area (Å²) >= 11 is 10.5. The van der Waals surface area contributed by atoms with Crippen molar-refractivity contribution in [1.82, 2.24) is 25.0 Å². The molecule has 0 spiro atoms. The number of likely N-dealkylation sites (tertiary alicyclic amines) is 1. The Morgan fingerprint density at radius 1 is 1.06 bits per heavy atom. The fourth-order valence-electron chi connectivity index (χ4n) is 6.03. The molecule has 14 heteroatoms. The van der Waals surface area contributed by atoms with Gasteiger partial charge in [0.25, 0.3) is 0 Å². The van der Waals surface area contributed by atoms with Crippen molar-refractivity contribution in [2.75, 3.05) is 26.2 Å². The number of benzene rings is 3. The van der Waals surface area contributed by atoms with Crippen LogP contribution in [-0.2, 0) is 31.1 Å². The number of carbonyl (C=O) groups is 1. The third kappa shape index (κ3) is 8.68. The van der Waals surface area contributed by atoms with Gasteiger partial charge in [-0.3, -0.25) is 24.7 Å². The van der Waals surface area contributed by atoms with Crippen molar-refractivity contribution >= 4 is 44.4 Å². The van der Waals surface area contributed by atoms with Gasteiger partial charge in [-0.05, 0) is 51.7 Å². The topological polar surface area (TPSA) is 166 Å². The van der Waals surface area contributed by atoms with Crippen LogP contribution in [0.25, 0.3) is 22.0 Å². The molecule has 12 nitrogen and oxygen atoms in total. The standard InChI is InChI=1S/C37H36BrClN6O6/c38-36-25(3-1-5-29(36)28-4-2-6-33-30(28)18-43-45(33)10-9-44-8-7-27(47)19-44)22-51-35-13-34(50-21-24-11-23(14-40)15-41-16-24)26(12-31(35)39)17-42-32(20-46)37(48)49/h1-6,11-13,15-16,18,27,32,42,46-47H,7-10,17,19-22H2,(H,48,49)/t27-,32+/m1/s1. The van der Waals surface area contributed by atoms with Gasteiger partial charge >= 0.3 is 5.97 Å². The number of nitrogens with zero attached hydrogens (tertiary/aromatic N) is 5. The van der Waals surface area contributed by atoms with E-state index in [1.54, 1.807) is 24.4 Å². The highest BCUT2D eigenvalue weighted by molar-refractivity contribution is 9.10. The van der Waals surface area contributed by atoms with Crippen molar-refractivity contribution in [1.29, 1.82) is 5.26 Å². The third-order valence-corrected chi connectivity index (χ3v) is 10.00. The number of aliphatic hydroxyl groups is 2. The van der Waals surface area contributed by atoms with E-state index >= 15 is 0 Å². The number of rotatable bonds is 15. The zero-order valence-corrected chi connectivity index (χ0v) is 29.8. The Morgan fingerprint density at radius 3 is 2.63 bits per heavy atom. The lowest BCUT2D eigenvalue weighted by Crippen LogP contribution is -2.39. The largest absolute Gasteiger partial charge is 0.488 e. The molecule has 5 aromatic rings. The van der Waals surface area contributed by atoms with E-state index in [0.29, 0.717) is 34.7 Å². The summed E-state index contributed by atoms with van der Waals surface area (Å²) in [5.74, 6) is -0.464. The molecule has 1 aliphatic rings. The van der Waals surface area contributed by atoms with Gasteiger partial charge in [0.15, 0.2) is 0 Å². The molecular weight excluding hydrogens is 740 g/mol. The second-order valence-corrected chi connectivity index (χ2v) is 13.4. The summed E-state index contributed by atoms with van der Waals surface area (Å²) < 4.78 is 15.2. The Morgan fingerprint density at radius 2 is 1.86 bits per heavy atom. The zero-order chi connectivity index (χ0) is 35.9. The molecular formula is C37H36BrClN6O6. The van der Waals surface area contributed by atoms with Crippen LogP contribution >= 0.6 is 27.5 Å². The summed E-state index contributed by atoms with van der Waals surface area (Å²) in [6, 6.07) is 17.9. The number of nitriles is 1. The summed E-state index contributed by atoms with van der Waals surface area (Å²) in [6.07, 6.45) is 5.49. The molecule has 51 heavy (non-hydrogen) atoms. The van der Waals surface area contributed by atoms with E-state index in [1.165, 1.54) is 6.20 Å². The van der Waals surface area contributed by atoms with Crippen LogP contribution in [-0.4, -0.2) is 79.3 Å². The SMILES string of the molecule is N#Cc1cncc(COc2cc(OCc3cccc(-c4cccc5c4cnn5CCN4CC[C@@H](O)C4)c3Br)c(Cl)cc2CN[C@@H](CO)C(=O)O)c1. The molecule has 0 unspecified atom stereocenters. The number of aliphatic hydroxyl groups excluding tert-OH is 2. The van der Waals surface area contributed by atoms with Gasteiger partial charge < -0.3 is 24.8 Å². The first-order chi connectivity index (χ1) is 24.7. The first-order valence-electron chi connectivity index (χ1n) is 16.4. The Balaban J connectivity index is 1.22. The number of aromatic nitrogens is 3. The van der Waals surface area contributed by atoms with Crippen molar-refractivity contribution in [3.63, 3.8) is 0 Å². The second kappa shape index (κ2) is 16.6. The van der Waals surface area contributed by atoms with E-state index in [4.69, 9.17) is 26.2 Å². The lowest BCUT2D eigenvalue weighted by molar-refractivity contribution is -0.140. The van der Waals surface area contributed by atoms with E-state index in [1.807, 2.05) is 35.1 Å². The molecule has 0 saturated carbocycles. The van der Waals surface area contributed by atoms with E-state index in [9.17, 15) is 25.4 Å². The number of β-amino-alcohol motifs (C(OH)–C–C–N with tert-alkyl or cyclic N) is 1. The van der Waals surface area contributed by atoms with Crippen LogP contribution in [0.4, 0.5) is 0 Å². The van der Waals surface area contributed by atoms with Crippen molar-refractivity contribution in [2.24, 2.45) is 0 Å². The predicted octanol–water partition coefficient (Wildman–Crippen LogP) is 5.15. The fourth-order valence-corrected chi connectivity index (χ4v) is 6.87. The Kier molecular flexibility index (Phi) is 11.8. The minimum Gasteiger partial charge on any atom is -0.488 e. The number of halogens is 2. The number of pyridine rings is 1. The van der Waals surface area contributed by atoms with E-state index in [-0.39, 0.29) is 30.9 Å². The molecule has 2 atom stereocenters. The number of carboxylic acids is 1. The molecule has 264 valence electrons. The van der Waals surface area contributed by atoms with Crippen molar-refractivity contribution in [2.45, 2.75) is 44.9 Å². The summed E-state index contributed by atoms with van der Waals surface area (Å²) in [5.41, 5.74) is 5.50.